The Hall–Kier alpha value is -3.51. The standard InChI is InChI=1S/C26H28N6O3/c27-16-26(17-1-2-17)9-12-32(24(26)35)19-5-10-28-22(13-19)30-21-4-3-18(14-29-21)25(7-8-25)23(34)31-11-6-20(33)15-31/h3-5,10,13-14,17,20,33H,1-2,6-9,11-12,15H2,(H,28,29,30)/t20-,26-/m1/s1. The lowest BCUT2D eigenvalue weighted by molar-refractivity contribution is -0.133. The molecule has 2 N–H and O–H groups in total. The van der Waals surface area contributed by atoms with Crippen molar-refractivity contribution < 1.29 is 14.7 Å². The van der Waals surface area contributed by atoms with E-state index in [2.05, 4.69) is 21.4 Å². The molecule has 2 amide bonds. The molecule has 180 valence electrons. The molecule has 2 aliphatic carbocycles. The van der Waals surface area contributed by atoms with Crippen LogP contribution in [0.15, 0.2) is 36.7 Å². The first-order chi connectivity index (χ1) is 16.9. The Balaban J connectivity index is 1.16. The van der Waals surface area contributed by atoms with E-state index in [1.165, 1.54) is 0 Å². The number of rotatable bonds is 6. The molecule has 2 atom stereocenters. The van der Waals surface area contributed by atoms with E-state index < -0.39 is 16.9 Å². The molecule has 4 aliphatic rings. The third kappa shape index (κ3) is 3.64. The van der Waals surface area contributed by atoms with Gasteiger partial charge >= 0.3 is 0 Å². The Bertz CT molecular complexity index is 1220. The number of amides is 2. The number of likely N-dealkylation sites (tertiary alicyclic amines) is 1. The molecule has 35 heavy (non-hydrogen) atoms. The van der Waals surface area contributed by atoms with Crippen molar-refractivity contribution in [3.8, 4) is 6.07 Å². The Labute approximate surface area is 203 Å². The lowest BCUT2D eigenvalue weighted by Crippen LogP contribution is -2.38. The quantitative estimate of drug-likeness (QED) is 0.662. The summed E-state index contributed by atoms with van der Waals surface area (Å²) in [7, 11) is 0. The average molecular weight is 473 g/mol. The number of anilines is 3. The largest absolute Gasteiger partial charge is 0.391 e. The second-order valence-corrected chi connectivity index (χ2v) is 10.3. The van der Waals surface area contributed by atoms with E-state index in [9.17, 15) is 20.0 Å². The molecule has 2 aliphatic heterocycles. The molecule has 9 nitrogen and oxygen atoms in total. The first-order valence-corrected chi connectivity index (χ1v) is 12.4. The van der Waals surface area contributed by atoms with Crippen molar-refractivity contribution in [2.24, 2.45) is 11.3 Å². The number of carbonyl (C=O) groups is 2. The maximum atomic E-state index is 13.1. The minimum absolute atomic E-state index is 0.0841. The number of aliphatic hydroxyl groups excluding tert-OH is 1. The van der Waals surface area contributed by atoms with E-state index in [4.69, 9.17) is 0 Å². The van der Waals surface area contributed by atoms with Gasteiger partial charge in [0, 0.05) is 43.8 Å². The molecule has 6 rings (SSSR count). The van der Waals surface area contributed by atoms with Gasteiger partial charge in [-0.25, -0.2) is 9.97 Å². The van der Waals surface area contributed by atoms with Gasteiger partial charge in [0.1, 0.15) is 17.1 Å². The fraction of sp³-hybridized carbons (Fsp3) is 0.500. The molecule has 4 heterocycles. The molecule has 0 spiro atoms. The molecule has 2 aromatic heterocycles. The first kappa shape index (κ1) is 22.0. The normalized spacial score (nSPS) is 27.1. The molecule has 9 heteroatoms. The van der Waals surface area contributed by atoms with Gasteiger partial charge in [-0.05, 0) is 62.1 Å². The molecule has 0 unspecified atom stereocenters. The van der Waals surface area contributed by atoms with E-state index in [-0.39, 0.29) is 17.7 Å². The van der Waals surface area contributed by atoms with Crippen molar-refractivity contribution in [2.75, 3.05) is 29.9 Å². The number of hydrogen-bond acceptors (Lipinski definition) is 7. The molecule has 2 saturated carbocycles. The zero-order valence-corrected chi connectivity index (χ0v) is 19.5. The van der Waals surface area contributed by atoms with Crippen LogP contribution >= 0.6 is 0 Å². The van der Waals surface area contributed by atoms with Gasteiger partial charge < -0.3 is 20.2 Å². The van der Waals surface area contributed by atoms with E-state index >= 15 is 0 Å². The lowest BCUT2D eigenvalue weighted by atomic mass is 9.83. The van der Waals surface area contributed by atoms with Crippen LogP contribution < -0.4 is 10.2 Å². The van der Waals surface area contributed by atoms with E-state index in [1.54, 1.807) is 34.3 Å². The Kier molecular flexibility index (Phi) is 5.04. The van der Waals surface area contributed by atoms with Gasteiger partial charge in [-0.15, -0.1) is 0 Å². The van der Waals surface area contributed by atoms with Crippen LogP contribution in [-0.4, -0.2) is 57.5 Å². The van der Waals surface area contributed by atoms with Gasteiger partial charge in [0.05, 0.1) is 17.6 Å². The summed E-state index contributed by atoms with van der Waals surface area (Å²) in [6.07, 6.45) is 7.65. The predicted octanol–water partition coefficient (Wildman–Crippen LogP) is 2.50. The highest BCUT2D eigenvalue weighted by Crippen LogP contribution is 2.52. The molecule has 0 aromatic carbocycles. The van der Waals surface area contributed by atoms with Crippen molar-refractivity contribution in [3.05, 3.63) is 42.2 Å². The van der Waals surface area contributed by atoms with Crippen LogP contribution in [0.4, 0.5) is 17.3 Å². The molecular weight excluding hydrogens is 444 g/mol. The van der Waals surface area contributed by atoms with Crippen molar-refractivity contribution in [1.29, 1.82) is 5.26 Å². The fourth-order valence-corrected chi connectivity index (χ4v) is 5.65. The Morgan fingerprint density at radius 1 is 1.11 bits per heavy atom. The SMILES string of the molecule is N#C[C@@]1(C2CC2)CCN(c2ccnc(Nc3ccc(C4(C(=O)N5CC[C@@H](O)C5)CC4)cn3)c2)C1=O. The third-order valence-corrected chi connectivity index (χ3v) is 8.07. The first-order valence-electron chi connectivity index (χ1n) is 12.4. The topological polar surface area (TPSA) is 122 Å². The van der Waals surface area contributed by atoms with Gasteiger partial charge in [0.2, 0.25) is 11.8 Å². The number of hydrogen-bond donors (Lipinski definition) is 2. The van der Waals surface area contributed by atoms with Crippen LogP contribution in [0.1, 0.15) is 44.1 Å². The van der Waals surface area contributed by atoms with E-state index in [0.717, 1.165) is 36.9 Å². The number of aromatic nitrogens is 2. The van der Waals surface area contributed by atoms with Crippen molar-refractivity contribution in [3.63, 3.8) is 0 Å². The highest BCUT2D eigenvalue weighted by atomic mass is 16.3. The van der Waals surface area contributed by atoms with Gasteiger partial charge in [-0.1, -0.05) is 6.07 Å². The fourth-order valence-electron chi connectivity index (χ4n) is 5.65. The summed E-state index contributed by atoms with van der Waals surface area (Å²) in [6.45, 7) is 1.54. The van der Waals surface area contributed by atoms with Gasteiger partial charge in [-0.2, -0.15) is 5.26 Å². The van der Waals surface area contributed by atoms with Gasteiger partial charge in [-0.3, -0.25) is 9.59 Å². The molecule has 0 bridgehead atoms. The van der Waals surface area contributed by atoms with Crippen molar-refractivity contribution in [1.82, 2.24) is 14.9 Å². The summed E-state index contributed by atoms with van der Waals surface area (Å²) in [5.41, 5.74) is 0.222. The maximum Gasteiger partial charge on any atom is 0.247 e. The molecule has 4 fully saturated rings. The zero-order chi connectivity index (χ0) is 24.2. The van der Waals surface area contributed by atoms with Crippen LogP contribution in [-0.2, 0) is 15.0 Å². The number of carbonyl (C=O) groups excluding carboxylic acids is 2. The zero-order valence-electron chi connectivity index (χ0n) is 19.5. The summed E-state index contributed by atoms with van der Waals surface area (Å²) in [5, 5.41) is 22.7. The summed E-state index contributed by atoms with van der Waals surface area (Å²) >= 11 is 0. The Morgan fingerprint density at radius 2 is 1.94 bits per heavy atom. The summed E-state index contributed by atoms with van der Waals surface area (Å²) in [6, 6.07) is 9.68. The highest BCUT2D eigenvalue weighted by molar-refractivity contribution is 6.02. The number of nitrogens with zero attached hydrogens (tertiary/aromatic N) is 5. The van der Waals surface area contributed by atoms with Gasteiger partial charge in [0.25, 0.3) is 0 Å². The Morgan fingerprint density at radius 3 is 2.57 bits per heavy atom. The predicted molar refractivity (Wildman–Crippen MR) is 128 cm³/mol. The van der Waals surface area contributed by atoms with Crippen LogP contribution in [0, 0.1) is 22.7 Å². The number of aliphatic hydroxyl groups is 1. The van der Waals surface area contributed by atoms with E-state index in [1.807, 2.05) is 12.1 Å². The molecular formula is C26H28N6O3. The van der Waals surface area contributed by atoms with Crippen molar-refractivity contribution >= 4 is 29.1 Å². The number of nitrogens with one attached hydrogen (secondary N) is 1. The minimum atomic E-state index is -0.877. The molecule has 2 aromatic rings. The minimum Gasteiger partial charge on any atom is -0.391 e. The highest BCUT2D eigenvalue weighted by Gasteiger charge is 2.57. The number of β-amino-alcohol motifs (C(OH)–C–C–N with tert-alkyl or cyclic N) is 1. The van der Waals surface area contributed by atoms with Crippen LogP contribution in [0.5, 0.6) is 0 Å². The second kappa shape index (κ2) is 8.02. The van der Waals surface area contributed by atoms with E-state index in [0.29, 0.717) is 44.1 Å². The molecule has 0 radical (unpaired) electrons. The number of nitriles is 1. The number of pyridine rings is 2. The smallest absolute Gasteiger partial charge is 0.247 e. The van der Waals surface area contributed by atoms with Crippen LogP contribution in [0.3, 0.4) is 0 Å². The van der Waals surface area contributed by atoms with Crippen molar-refractivity contribution in [2.45, 2.75) is 50.0 Å². The van der Waals surface area contributed by atoms with Crippen LogP contribution in [0.25, 0.3) is 0 Å². The summed E-state index contributed by atoms with van der Waals surface area (Å²) in [4.78, 5) is 38.5. The average Bonchev–Trinajstić information content (AvgIpc) is 3.80. The molecule has 2 saturated heterocycles. The van der Waals surface area contributed by atoms with Gasteiger partial charge in [0.15, 0.2) is 0 Å². The lowest BCUT2D eigenvalue weighted by Gasteiger charge is -2.23. The second-order valence-electron chi connectivity index (χ2n) is 10.3. The monoisotopic (exact) mass is 472 g/mol. The summed E-state index contributed by atoms with van der Waals surface area (Å²) in [5.74, 6) is 1.31. The third-order valence-electron chi connectivity index (χ3n) is 8.07. The summed E-state index contributed by atoms with van der Waals surface area (Å²) < 4.78 is 0. The van der Waals surface area contributed by atoms with Crippen LogP contribution in [0.2, 0.25) is 0 Å². The maximum absolute atomic E-state index is 13.1.